The average Bonchev–Trinajstić information content (AvgIpc) is 2.59. The summed E-state index contributed by atoms with van der Waals surface area (Å²) in [6, 6.07) is 7.69. The highest BCUT2D eigenvalue weighted by Gasteiger charge is 2.35. The number of ether oxygens (including phenoxy) is 1. The van der Waals surface area contributed by atoms with E-state index in [1.165, 1.54) is 19.3 Å². The number of amides is 2. The minimum atomic E-state index is -0.656. The maximum atomic E-state index is 12.7. The maximum absolute atomic E-state index is 12.7. The first-order valence-electron chi connectivity index (χ1n) is 8.61. The van der Waals surface area contributed by atoms with Crippen molar-refractivity contribution in [1.82, 2.24) is 4.90 Å². The van der Waals surface area contributed by atoms with E-state index in [2.05, 4.69) is 21.2 Å². The van der Waals surface area contributed by atoms with Crippen molar-refractivity contribution in [2.24, 2.45) is 0 Å². The Bertz CT molecular complexity index is 584. The largest absolute Gasteiger partial charge is 0.366 e. The molecule has 6 heteroatoms. The quantitative estimate of drug-likeness (QED) is 0.851. The lowest BCUT2D eigenvalue weighted by Crippen LogP contribution is -2.53. The van der Waals surface area contributed by atoms with Gasteiger partial charge in [-0.25, -0.2) is 0 Å². The zero-order chi connectivity index (χ0) is 16.9. The Morgan fingerprint density at radius 2 is 1.92 bits per heavy atom. The van der Waals surface area contributed by atoms with Gasteiger partial charge in [-0.15, -0.1) is 0 Å². The van der Waals surface area contributed by atoms with Crippen molar-refractivity contribution in [2.45, 2.75) is 50.7 Å². The molecule has 5 nitrogen and oxygen atoms in total. The predicted octanol–water partition coefficient (Wildman–Crippen LogP) is 3.34. The lowest BCUT2D eigenvalue weighted by Gasteiger charge is -2.39. The van der Waals surface area contributed by atoms with Gasteiger partial charge in [-0.3, -0.25) is 9.59 Å². The monoisotopic (exact) mass is 394 g/mol. The molecule has 1 aliphatic heterocycles. The zero-order valence-corrected chi connectivity index (χ0v) is 15.3. The molecule has 2 fully saturated rings. The number of rotatable bonds is 4. The zero-order valence-electron chi connectivity index (χ0n) is 13.7. The van der Waals surface area contributed by atoms with Crippen LogP contribution in [-0.4, -0.2) is 42.0 Å². The van der Waals surface area contributed by atoms with Gasteiger partial charge >= 0.3 is 0 Å². The third kappa shape index (κ3) is 4.36. The molecule has 1 heterocycles. The van der Waals surface area contributed by atoms with Crippen LogP contribution in [0, 0.1) is 0 Å². The summed E-state index contributed by atoms with van der Waals surface area (Å²) in [7, 11) is 0. The molecular weight excluding hydrogens is 372 g/mol. The molecule has 1 aromatic carbocycles. The van der Waals surface area contributed by atoms with Crippen LogP contribution in [0.5, 0.6) is 0 Å². The summed E-state index contributed by atoms with van der Waals surface area (Å²) in [5, 5.41) is 2.82. The van der Waals surface area contributed by atoms with Crippen LogP contribution in [0.1, 0.15) is 38.5 Å². The van der Waals surface area contributed by atoms with Gasteiger partial charge in [-0.1, -0.05) is 35.2 Å². The smallest absolute Gasteiger partial charge is 0.252 e. The number of carbonyl (C=O) groups is 2. The molecule has 0 bridgehead atoms. The van der Waals surface area contributed by atoms with Crippen LogP contribution >= 0.6 is 15.9 Å². The van der Waals surface area contributed by atoms with Gasteiger partial charge in [-0.05, 0) is 37.1 Å². The molecule has 3 rings (SSSR count). The Hall–Kier alpha value is -1.40. The second-order valence-corrected chi connectivity index (χ2v) is 7.36. The molecule has 1 saturated heterocycles. The first-order chi connectivity index (χ1) is 11.6. The molecule has 0 aromatic heterocycles. The van der Waals surface area contributed by atoms with Gasteiger partial charge in [0.05, 0.1) is 13.0 Å². The first-order valence-corrected chi connectivity index (χ1v) is 9.40. The third-order valence-corrected chi connectivity index (χ3v) is 5.25. The molecule has 1 aliphatic carbocycles. The van der Waals surface area contributed by atoms with Gasteiger partial charge in [0.1, 0.15) is 6.10 Å². The van der Waals surface area contributed by atoms with E-state index in [1.807, 2.05) is 29.2 Å². The van der Waals surface area contributed by atoms with Crippen molar-refractivity contribution in [1.29, 1.82) is 0 Å². The van der Waals surface area contributed by atoms with Crippen LogP contribution in [0.3, 0.4) is 0 Å². The first kappa shape index (κ1) is 17.4. The summed E-state index contributed by atoms with van der Waals surface area (Å²) in [6.07, 6.45) is 5.18. The Morgan fingerprint density at radius 1 is 1.21 bits per heavy atom. The van der Waals surface area contributed by atoms with Crippen molar-refractivity contribution in [3.8, 4) is 0 Å². The highest BCUT2D eigenvalue weighted by atomic mass is 79.9. The van der Waals surface area contributed by atoms with E-state index in [4.69, 9.17) is 4.74 Å². The minimum absolute atomic E-state index is 0.0286. The Labute approximate surface area is 150 Å². The second kappa shape index (κ2) is 8.12. The van der Waals surface area contributed by atoms with Crippen LogP contribution in [-0.2, 0) is 14.3 Å². The van der Waals surface area contributed by atoms with E-state index < -0.39 is 6.10 Å². The standard InChI is InChI=1S/C18H23BrN2O3/c19-13-6-8-14(9-7-13)20-17(22)12-16-18(23)21(10-11-24-16)15-4-2-1-3-5-15/h6-9,15-16H,1-5,10-12H2,(H,20,22). The fourth-order valence-corrected chi connectivity index (χ4v) is 3.74. The number of benzene rings is 1. The van der Waals surface area contributed by atoms with Gasteiger partial charge in [0, 0.05) is 22.7 Å². The van der Waals surface area contributed by atoms with Gasteiger partial charge < -0.3 is 15.0 Å². The Morgan fingerprint density at radius 3 is 2.62 bits per heavy atom. The van der Waals surface area contributed by atoms with Gasteiger partial charge in [0.2, 0.25) is 5.91 Å². The van der Waals surface area contributed by atoms with Crippen molar-refractivity contribution >= 4 is 33.4 Å². The number of morpholine rings is 1. The maximum Gasteiger partial charge on any atom is 0.252 e. The van der Waals surface area contributed by atoms with E-state index in [9.17, 15) is 9.59 Å². The van der Waals surface area contributed by atoms with E-state index in [1.54, 1.807) is 0 Å². The molecule has 0 spiro atoms. The molecule has 1 unspecified atom stereocenters. The fraction of sp³-hybridized carbons (Fsp3) is 0.556. The summed E-state index contributed by atoms with van der Waals surface area (Å²) >= 11 is 3.36. The van der Waals surface area contributed by atoms with Crippen LogP contribution in [0.15, 0.2) is 28.7 Å². The summed E-state index contributed by atoms with van der Waals surface area (Å²) in [6.45, 7) is 1.16. The van der Waals surface area contributed by atoms with Crippen molar-refractivity contribution in [2.75, 3.05) is 18.5 Å². The lowest BCUT2D eigenvalue weighted by atomic mass is 9.93. The van der Waals surface area contributed by atoms with Crippen LogP contribution < -0.4 is 5.32 Å². The molecule has 2 aliphatic rings. The van der Waals surface area contributed by atoms with Gasteiger partial charge in [0.25, 0.3) is 5.91 Å². The van der Waals surface area contributed by atoms with E-state index in [0.29, 0.717) is 19.2 Å². The summed E-state index contributed by atoms with van der Waals surface area (Å²) in [5.74, 6) is -0.222. The summed E-state index contributed by atoms with van der Waals surface area (Å²) in [4.78, 5) is 26.8. The van der Waals surface area contributed by atoms with E-state index in [-0.39, 0.29) is 18.2 Å². The number of hydrogen-bond donors (Lipinski definition) is 1. The molecular formula is C18H23BrN2O3. The molecule has 1 saturated carbocycles. The summed E-state index contributed by atoms with van der Waals surface area (Å²) in [5.41, 5.74) is 0.718. The average molecular weight is 395 g/mol. The topological polar surface area (TPSA) is 58.6 Å². The number of carbonyl (C=O) groups excluding carboxylic acids is 2. The predicted molar refractivity (Wildman–Crippen MR) is 95.7 cm³/mol. The number of hydrogen-bond acceptors (Lipinski definition) is 3. The molecule has 1 N–H and O–H groups in total. The number of anilines is 1. The summed E-state index contributed by atoms with van der Waals surface area (Å²) < 4.78 is 6.53. The van der Waals surface area contributed by atoms with Crippen molar-refractivity contribution in [3.63, 3.8) is 0 Å². The van der Waals surface area contributed by atoms with Gasteiger partial charge in [0.15, 0.2) is 0 Å². The Kier molecular flexibility index (Phi) is 5.89. The number of halogens is 1. The molecule has 1 atom stereocenters. The normalized spacial score (nSPS) is 22.5. The minimum Gasteiger partial charge on any atom is -0.366 e. The molecule has 130 valence electrons. The van der Waals surface area contributed by atoms with Gasteiger partial charge in [-0.2, -0.15) is 0 Å². The van der Waals surface area contributed by atoms with Crippen molar-refractivity contribution < 1.29 is 14.3 Å². The van der Waals surface area contributed by atoms with E-state index >= 15 is 0 Å². The Balaban J connectivity index is 1.56. The number of nitrogens with one attached hydrogen (secondary N) is 1. The molecule has 1 aromatic rings. The van der Waals surface area contributed by atoms with Crippen LogP contribution in [0.2, 0.25) is 0 Å². The van der Waals surface area contributed by atoms with Crippen LogP contribution in [0.4, 0.5) is 5.69 Å². The molecule has 0 radical (unpaired) electrons. The highest BCUT2D eigenvalue weighted by Crippen LogP contribution is 2.25. The molecule has 24 heavy (non-hydrogen) atoms. The third-order valence-electron chi connectivity index (χ3n) is 4.72. The number of nitrogens with zero attached hydrogens (tertiary/aromatic N) is 1. The second-order valence-electron chi connectivity index (χ2n) is 6.44. The lowest BCUT2D eigenvalue weighted by molar-refractivity contribution is -0.159. The SMILES string of the molecule is O=C(CC1OCCN(C2CCCCC2)C1=O)Nc1ccc(Br)cc1. The fourth-order valence-electron chi connectivity index (χ4n) is 3.47. The molecule has 2 amide bonds. The van der Waals surface area contributed by atoms with Crippen LogP contribution in [0.25, 0.3) is 0 Å². The van der Waals surface area contributed by atoms with E-state index in [0.717, 1.165) is 23.0 Å². The van der Waals surface area contributed by atoms with Crippen molar-refractivity contribution in [3.05, 3.63) is 28.7 Å². The highest BCUT2D eigenvalue weighted by molar-refractivity contribution is 9.10.